The maximum absolute atomic E-state index is 13.2. The van der Waals surface area contributed by atoms with Gasteiger partial charge in [0.25, 0.3) is 0 Å². The van der Waals surface area contributed by atoms with Gasteiger partial charge in [-0.25, -0.2) is 0 Å². The van der Waals surface area contributed by atoms with Gasteiger partial charge in [0.15, 0.2) is 11.5 Å². The Morgan fingerprint density at radius 3 is 2.34 bits per heavy atom. The summed E-state index contributed by atoms with van der Waals surface area (Å²) in [6.07, 6.45) is 6.18. The van der Waals surface area contributed by atoms with Crippen LogP contribution in [0.15, 0.2) is 36.5 Å². The average molecular weight is 514 g/mol. The number of aromatic hydroxyl groups is 1. The molecule has 2 aromatic carbocycles. The molecule has 4 rings (SSSR count). The van der Waals surface area contributed by atoms with Gasteiger partial charge in [-0.05, 0) is 81.1 Å². The molecule has 0 spiro atoms. The summed E-state index contributed by atoms with van der Waals surface area (Å²) in [4.78, 5) is 20.0. The number of fused-ring (bicyclic) bond motifs is 1. The number of nitrogens with one attached hydrogen (secondary N) is 1. The maximum Gasteiger partial charge on any atom is 0.169 e. The molecule has 35 heavy (non-hydrogen) atoms. The van der Waals surface area contributed by atoms with Crippen molar-refractivity contribution in [2.75, 3.05) is 26.0 Å². The molecule has 1 saturated carbocycles. The Kier molecular flexibility index (Phi) is 7.89. The summed E-state index contributed by atoms with van der Waals surface area (Å²) in [6.45, 7) is 4.95. The first-order valence-corrected chi connectivity index (χ1v) is 13.0. The lowest BCUT2D eigenvalue weighted by molar-refractivity contribution is 0.0940. The normalized spacial score (nSPS) is 18.4. The number of nitrogens with zero attached hydrogens (tertiary/aromatic N) is 2. The zero-order valence-corrected chi connectivity index (χ0v) is 22.2. The molecule has 0 atom stereocenters. The number of ketones is 1. The second-order valence-corrected chi connectivity index (χ2v) is 11.0. The lowest BCUT2D eigenvalue weighted by Gasteiger charge is -2.32. The van der Waals surface area contributed by atoms with Gasteiger partial charge in [0.1, 0.15) is 0 Å². The summed E-state index contributed by atoms with van der Waals surface area (Å²) in [5.41, 5.74) is 3.96. The Labute approximate surface area is 217 Å². The lowest BCUT2D eigenvalue weighted by Crippen LogP contribution is -2.31. The van der Waals surface area contributed by atoms with E-state index in [0.29, 0.717) is 17.5 Å². The minimum Gasteiger partial charge on any atom is -0.505 e. The van der Waals surface area contributed by atoms with Crippen molar-refractivity contribution in [1.29, 1.82) is 0 Å². The van der Waals surface area contributed by atoms with Crippen LogP contribution in [-0.2, 0) is 0 Å². The quantitative estimate of drug-likeness (QED) is 0.324. The molecule has 0 amide bonds. The van der Waals surface area contributed by atoms with Crippen LogP contribution in [0.1, 0.15) is 49.9 Å². The molecule has 1 fully saturated rings. The number of carbonyl (C=O) groups excluding carboxylic acids is 1. The fourth-order valence-corrected chi connectivity index (χ4v) is 5.45. The monoisotopic (exact) mass is 513 g/mol. The van der Waals surface area contributed by atoms with Crippen molar-refractivity contribution in [3.05, 3.63) is 52.1 Å². The van der Waals surface area contributed by atoms with E-state index in [9.17, 15) is 9.90 Å². The van der Waals surface area contributed by atoms with Gasteiger partial charge in [0.2, 0.25) is 0 Å². The summed E-state index contributed by atoms with van der Waals surface area (Å²) >= 11 is 12.4. The predicted molar refractivity (Wildman–Crippen MR) is 146 cm³/mol. The van der Waals surface area contributed by atoms with E-state index in [1.165, 1.54) is 12.8 Å². The predicted octanol–water partition coefficient (Wildman–Crippen LogP) is 7.29. The molecule has 0 aliphatic heterocycles. The largest absolute Gasteiger partial charge is 0.505 e. The third-order valence-electron chi connectivity index (χ3n) is 6.83. The Morgan fingerprint density at radius 2 is 1.74 bits per heavy atom. The molecule has 7 heteroatoms. The number of phenolic OH excluding ortho intramolecular Hbond substituents is 1. The Morgan fingerprint density at radius 1 is 1.09 bits per heavy atom. The number of anilines is 1. The molecule has 0 saturated heterocycles. The van der Waals surface area contributed by atoms with Gasteiger partial charge in [-0.15, -0.1) is 0 Å². The van der Waals surface area contributed by atoms with Gasteiger partial charge in [-0.2, -0.15) is 0 Å². The number of carbonyl (C=O) groups is 1. The van der Waals surface area contributed by atoms with Crippen molar-refractivity contribution in [3.8, 4) is 16.9 Å². The van der Waals surface area contributed by atoms with E-state index in [1.807, 2.05) is 32.0 Å². The number of Topliss-reactive ketones (excluding diaryl/α,β-unsaturated/α-hetero) is 1. The minimum absolute atomic E-state index is 0.0734. The zero-order chi connectivity index (χ0) is 25.3. The molecule has 1 aromatic heterocycles. The van der Waals surface area contributed by atoms with Gasteiger partial charge in [0, 0.05) is 30.1 Å². The molecule has 1 aliphatic carbocycles. The van der Waals surface area contributed by atoms with Gasteiger partial charge in [-0.3, -0.25) is 9.78 Å². The van der Waals surface area contributed by atoms with Gasteiger partial charge < -0.3 is 15.3 Å². The Hall–Kier alpha value is -2.34. The number of aromatic nitrogens is 1. The molecule has 0 unspecified atom stereocenters. The van der Waals surface area contributed by atoms with Crippen LogP contribution in [0.2, 0.25) is 10.0 Å². The van der Waals surface area contributed by atoms with Crippen LogP contribution in [-0.4, -0.2) is 47.5 Å². The highest BCUT2D eigenvalue weighted by Gasteiger charge is 2.25. The lowest BCUT2D eigenvalue weighted by atomic mass is 9.85. The highest BCUT2D eigenvalue weighted by atomic mass is 35.5. The third-order valence-corrected chi connectivity index (χ3v) is 7.40. The van der Waals surface area contributed by atoms with Crippen LogP contribution < -0.4 is 5.32 Å². The molecule has 186 valence electrons. The van der Waals surface area contributed by atoms with Crippen LogP contribution in [0.3, 0.4) is 0 Å². The van der Waals surface area contributed by atoms with Crippen molar-refractivity contribution >= 4 is 45.6 Å². The molecule has 1 heterocycles. The van der Waals surface area contributed by atoms with Gasteiger partial charge >= 0.3 is 0 Å². The van der Waals surface area contributed by atoms with E-state index < -0.39 is 0 Å². The van der Waals surface area contributed by atoms with E-state index in [2.05, 4.69) is 29.3 Å². The first kappa shape index (κ1) is 25.7. The minimum atomic E-state index is -0.136. The molecule has 2 N–H and O–H groups in total. The van der Waals surface area contributed by atoms with Crippen molar-refractivity contribution < 1.29 is 9.90 Å². The number of rotatable bonds is 7. The molecule has 1 aliphatic rings. The SMILES string of the molecule is CC(C)C(=O)c1cnc2ccc(-c3cc(Cl)c(O)c(Cl)c3)cc2c1N[C@H]1CC[C@H](CN(C)C)CC1. The molecule has 3 aromatic rings. The number of benzene rings is 2. The van der Waals surface area contributed by atoms with E-state index >= 15 is 0 Å². The fourth-order valence-electron chi connectivity index (χ4n) is 4.97. The number of halogens is 2. The molecule has 5 nitrogen and oxygen atoms in total. The molecule has 0 bridgehead atoms. The average Bonchev–Trinajstić information content (AvgIpc) is 2.82. The maximum atomic E-state index is 13.2. The van der Waals surface area contributed by atoms with Crippen LogP contribution in [0, 0.1) is 11.8 Å². The summed E-state index contributed by atoms with van der Waals surface area (Å²) in [5, 5.41) is 15.0. The second-order valence-electron chi connectivity index (χ2n) is 10.2. The first-order chi connectivity index (χ1) is 16.6. The zero-order valence-electron chi connectivity index (χ0n) is 20.7. The Balaban J connectivity index is 1.75. The smallest absolute Gasteiger partial charge is 0.169 e. The number of pyridine rings is 1. The highest BCUT2D eigenvalue weighted by Crippen LogP contribution is 2.39. The summed E-state index contributed by atoms with van der Waals surface area (Å²) in [7, 11) is 4.26. The number of phenols is 1. The van der Waals surface area contributed by atoms with Crippen LogP contribution in [0.5, 0.6) is 5.75 Å². The second kappa shape index (κ2) is 10.7. The third kappa shape index (κ3) is 5.74. The molecular formula is C28H33Cl2N3O2. The van der Waals surface area contributed by atoms with Crippen LogP contribution >= 0.6 is 23.2 Å². The van der Waals surface area contributed by atoms with Gasteiger partial charge in [-0.1, -0.05) is 43.1 Å². The number of hydrogen-bond donors (Lipinski definition) is 2. The highest BCUT2D eigenvalue weighted by molar-refractivity contribution is 6.37. The Bertz CT molecular complexity index is 1210. The summed E-state index contributed by atoms with van der Waals surface area (Å²) < 4.78 is 0. The van der Waals surface area contributed by atoms with E-state index in [0.717, 1.165) is 47.1 Å². The topological polar surface area (TPSA) is 65.5 Å². The molecular weight excluding hydrogens is 481 g/mol. The summed E-state index contributed by atoms with van der Waals surface area (Å²) in [5.74, 6) is 0.522. The summed E-state index contributed by atoms with van der Waals surface area (Å²) in [6, 6.07) is 9.62. The van der Waals surface area contributed by atoms with Crippen molar-refractivity contribution in [1.82, 2.24) is 9.88 Å². The standard InChI is InChI=1S/C28H33Cl2N3O2/c1-16(2)27(34)22-14-31-25-10-7-18(19-12-23(29)28(35)24(30)13-19)11-21(25)26(22)32-20-8-5-17(6-9-20)15-33(3)4/h7,10-14,16-17,20,35H,5-6,8-9,15H2,1-4H3,(H,31,32)/t17-,20-. The van der Waals surface area contributed by atoms with E-state index in [1.54, 1.807) is 18.3 Å². The van der Waals surface area contributed by atoms with Crippen molar-refractivity contribution in [2.45, 2.75) is 45.6 Å². The van der Waals surface area contributed by atoms with Gasteiger partial charge in [0.05, 0.1) is 26.8 Å². The van der Waals surface area contributed by atoms with Crippen LogP contribution in [0.25, 0.3) is 22.0 Å². The van der Waals surface area contributed by atoms with E-state index in [4.69, 9.17) is 23.2 Å². The van der Waals surface area contributed by atoms with Crippen LogP contribution in [0.4, 0.5) is 5.69 Å². The van der Waals surface area contributed by atoms with Crippen molar-refractivity contribution in [2.24, 2.45) is 11.8 Å². The fraction of sp³-hybridized carbons (Fsp3) is 0.429. The first-order valence-electron chi connectivity index (χ1n) is 12.2. The number of hydrogen-bond acceptors (Lipinski definition) is 5. The molecule has 0 radical (unpaired) electrons. The van der Waals surface area contributed by atoms with E-state index in [-0.39, 0.29) is 27.5 Å². The van der Waals surface area contributed by atoms with Crippen molar-refractivity contribution in [3.63, 3.8) is 0 Å².